The molecule has 6 rings (SSSR count). The van der Waals surface area contributed by atoms with Crippen molar-refractivity contribution in [2.24, 2.45) is 0 Å². The average Bonchev–Trinajstić information content (AvgIpc) is 3.60. The van der Waals surface area contributed by atoms with E-state index < -0.39 is 7.12 Å². The summed E-state index contributed by atoms with van der Waals surface area (Å²) in [6.07, 6.45) is 3.14. The van der Waals surface area contributed by atoms with Crippen LogP contribution in [0, 0.1) is 0 Å². The lowest BCUT2D eigenvalue weighted by Gasteiger charge is -1.99. The third-order valence-electron chi connectivity index (χ3n) is 4.17. The van der Waals surface area contributed by atoms with Crippen LogP contribution in [0.25, 0.3) is 28.0 Å². The summed E-state index contributed by atoms with van der Waals surface area (Å²) in [5.41, 5.74) is 3.81. The Morgan fingerprint density at radius 3 is 2.23 bits per heavy atom. The molecule has 17 heteroatoms. The molecular formula is C18H11BCl4N8O2S2. The van der Waals surface area contributed by atoms with Gasteiger partial charge in [-0.2, -0.15) is 32.6 Å². The summed E-state index contributed by atoms with van der Waals surface area (Å²) in [4.78, 5) is 26.3. The van der Waals surface area contributed by atoms with Gasteiger partial charge in [-0.3, -0.25) is 4.57 Å². The van der Waals surface area contributed by atoms with Gasteiger partial charge in [0.05, 0.1) is 12.0 Å². The normalized spacial score (nSPS) is 10.6. The first-order valence-electron chi connectivity index (χ1n) is 9.32. The SMILES string of the molecule is Clc1nc(Cl)c2[nH]cnc2n1.Clc1nc(Cl)c2ncn(-c3ccsc3)c2n1.OB(O)c1ccsc1. The van der Waals surface area contributed by atoms with Gasteiger partial charge in [-0.25, -0.2) is 19.9 Å². The maximum absolute atomic E-state index is 8.47. The number of hydrogen-bond acceptors (Lipinski definition) is 10. The van der Waals surface area contributed by atoms with E-state index in [4.69, 9.17) is 56.5 Å². The number of fused-ring (bicyclic) bond motifs is 2. The van der Waals surface area contributed by atoms with Crippen molar-refractivity contribution in [1.29, 1.82) is 0 Å². The van der Waals surface area contributed by atoms with E-state index in [-0.39, 0.29) is 20.9 Å². The zero-order valence-electron chi connectivity index (χ0n) is 17.0. The third kappa shape index (κ3) is 6.26. The molecule has 0 aliphatic heterocycles. The first-order chi connectivity index (χ1) is 16.8. The van der Waals surface area contributed by atoms with E-state index in [0.29, 0.717) is 27.8 Å². The van der Waals surface area contributed by atoms with Crippen LogP contribution < -0.4 is 5.46 Å². The molecule has 6 aromatic rings. The molecule has 0 saturated carbocycles. The molecule has 6 aromatic heterocycles. The van der Waals surface area contributed by atoms with Gasteiger partial charge in [-0.1, -0.05) is 29.3 Å². The van der Waals surface area contributed by atoms with Gasteiger partial charge < -0.3 is 15.0 Å². The Kier molecular flexibility index (Phi) is 8.52. The number of halogens is 4. The Labute approximate surface area is 225 Å². The van der Waals surface area contributed by atoms with Crippen LogP contribution in [0.3, 0.4) is 0 Å². The third-order valence-corrected chi connectivity index (χ3v) is 6.41. The van der Waals surface area contributed by atoms with Crippen molar-refractivity contribution in [3.63, 3.8) is 0 Å². The van der Waals surface area contributed by atoms with E-state index in [1.807, 2.05) is 21.4 Å². The molecule has 6 heterocycles. The lowest BCUT2D eigenvalue weighted by Crippen LogP contribution is -2.27. The van der Waals surface area contributed by atoms with Crippen LogP contribution in [0.1, 0.15) is 0 Å². The highest BCUT2D eigenvalue weighted by Crippen LogP contribution is 2.24. The number of H-pyrrole nitrogens is 1. The molecule has 0 spiro atoms. The molecule has 3 N–H and O–H groups in total. The minimum absolute atomic E-state index is 0.106. The van der Waals surface area contributed by atoms with Crippen LogP contribution in [-0.2, 0) is 0 Å². The Hall–Kier alpha value is -2.36. The molecule has 0 aromatic carbocycles. The van der Waals surface area contributed by atoms with Crippen LogP contribution >= 0.6 is 69.1 Å². The number of hydrogen-bond donors (Lipinski definition) is 3. The van der Waals surface area contributed by atoms with Gasteiger partial charge in [0.15, 0.2) is 21.6 Å². The Balaban J connectivity index is 0.000000133. The van der Waals surface area contributed by atoms with E-state index in [1.165, 1.54) is 17.7 Å². The van der Waals surface area contributed by atoms with Crippen LogP contribution in [0.4, 0.5) is 0 Å². The monoisotopic (exact) mass is 586 g/mol. The van der Waals surface area contributed by atoms with Crippen molar-refractivity contribution in [3.8, 4) is 5.69 Å². The molecule has 0 unspecified atom stereocenters. The summed E-state index contributed by atoms with van der Waals surface area (Å²) in [7, 11) is -1.30. The number of imidazole rings is 2. The molecule has 0 atom stereocenters. The van der Waals surface area contributed by atoms with Crippen molar-refractivity contribution < 1.29 is 10.0 Å². The summed E-state index contributed by atoms with van der Waals surface area (Å²) in [5.74, 6) is 0. The van der Waals surface area contributed by atoms with E-state index in [1.54, 1.807) is 34.5 Å². The van der Waals surface area contributed by atoms with Gasteiger partial charge in [0.1, 0.15) is 17.4 Å². The summed E-state index contributed by atoms with van der Waals surface area (Å²) in [5, 5.41) is 25.2. The topological polar surface area (TPSA) is 139 Å². The summed E-state index contributed by atoms with van der Waals surface area (Å²) in [6.45, 7) is 0. The van der Waals surface area contributed by atoms with Crippen molar-refractivity contribution in [2.75, 3.05) is 0 Å². The molecule has 10 nitrogen and oxygen atoms in total. The highest BCUT2D eigenvalue weighted by molar-refractivity contribution is 7.09. The molecule has 178 valence electrons. The second kappa shape index (κ2) is 11.6. The van der Waals surface area contributed by atoms with Gasteiger partial charge in [-0.15, -0.1) is 0 Å². The second-order valence-electron chi connectivity index (χ2n) is 6.37. The van der Waals surface area contributed by atoms with E-state index >= 15 is 0 Å². The Morgan fingerprint density at radius 2 is 1.57 bits per heavy atom. The van der Waals surface area contributed by atoms with Crippen molar-refractivity contribution >= 4 is 104 Å². The number of nitrogens with zero attached hydrogens (tertiary/aromatic N) is 7. The summed E-state index contributed by atoms with van der Waals surface area (Å²) < 4.78 is 1.82. The zero-order valence-corrected chi connectivity index (χ0v) is 21.7. The van der Waals surface area contributed by atoms with Gasteiger partial charge in [0.25, 0.3) is 0 Å². The van der Waals surface area contributed by atoms with Gasteiger partial charge in [0.2, 0.25) is 10.6 Å². The van der Waals surface area contributed by atoms with Gasteiger partial charge in [0, 0.05) is 5.38 Å². The lowest BCUT2D eigenvalue weighted by molar-refractivity contribution is 0.426. The molecule has 0 saturated heterocycles. The minimum atomic E-state index is -1.30. The van der Waals surface area contributed by atoms with Crippen molar-refractivity contribution in [3.05, 3.63) is 67.2 Å². The molecular weight excluding hydrogens is 577 g/mol. The molecule has 0 radical (unpaired) electrons. The van der Waals surface area contributed by atoms with Crippen LogP contribution in [0.15, 0.2) is 46.3 Å². The number of thiophene rings is 2. The fourth-order valence-electron chi connectivity index (χ4n) is 2.62. The maximum Gasteiger partial charge on any atom is 0.489 e. The number of aromatic amines is 1. The van der Waals surface area contributed by atoms with Crippen LogP contribution in [-0.4, -0.2) is 56.6 Å². The average molecular weight is 588 g/mol. The minimum Gasteiger partial charge on any atom is -0.423 e. The summed E-state index contributed by atoms with van der Waals surface area (Å²) >= 11 is 26.0. The first-order valence-corrected chi connectivity index (χ1v) is 12.7. The number of aromatic nitrogens is 8. The van der Waals surface area contributed by atoms with Crippen LogP contribution in [0.5, 0.6) is 0 Å². The first kappa shape index (κ1) is 25.7. The van der Waals surface area contributed by atoms with Crippen molar-refractivity contribution in [2.45, 2.75) is 0 Å². The van der Waals surface area contributed by atoms with E-state index in [9.17, 15) is 0 Å². The highest BCUT2D eigenvalue weighted by atomic mass is 35.5. The quantitative estimate of drug-likeness (QED) is 0.155. The molecule has 0 fully saturated rings. The smallest absolute Gasteiger partial charge is 0.423 e. The highest BCUT2D eigenvalue weighted by Gasteiger charge is 2.12. The van der Waals surface area contributed by atoms with E-state index in [0.717, 1.165) is 5.69 Å². The van der Waals surface area contributed by atoms with E-state index in [2.05, 4.69) is 34.9 Å². The second-order valence-corrected chi connectivity index (χ2v) is 9.32. The van der Waals surface area contributed by atoms with Gasteiger partial charge in [-0.05, 0) is 50.9 Å². The number of rotatable bonds is 2. The maximum atomic E-state index is 8.47. The summed E-state index contributed by atoms with van der Waals surface area (Å²) in [6, 6.07) is 3.64. The predicted octanol–water partition coefficient (Wildman–Crippen LogP) is 4.27. The fourth-order valence-corrected chi connectivity index (χ4v) is 4.77. The van der Waals surface area contributed by atoms with Gasteiger partial charge >= 0.3 is 7.12 Å². The predicted molar refractivity (Wildman–Crippen MR) is 140 cm³/mol. The molecule has 0 aliphatic rings. The Bertz CT molecular complexity index is 1540. The molecule has 0 amide bonds. The molecule has 0 aliphatic carbocycles. The molecule has 35 heavy (non-hydrogen) atoms. The standard InChI is InChI=1S/C9H4Cl2N4S.C5H2Cl2N4.C4H5BO2S/c10-7-6-8(14-9(11)13-7)15(4-12-6)5-1-2-16-3-5;6-3-2-4(9-1-8-2)11-5(7)10-3;6-5(7)4-1-2-8-3-4/h1-4H;1H,(H,8,9,10,11);1-3,6-7H. The van der Waals surface area contributed by atoms with Crippen LogP contribution in [0.2, 0.25) is 20.9 Å². The number of nitrogens with one attached hydrogen (secondary N) is 1. The van der Waals surface area contributed by atoms with Crippen molar-refractivity contribution in [1.82, 2.24) is 39.5 Å². The fraction of sp³-hybridized carbons (Fsp3) is 0. The molecule has 0 bridgehead atoms. The zero-order chi connectivity index (χ0) is 24.9. The largest absolute Gasteiger partial charge is 0.489 e. The lowest BCUT2D eigenvalue weighted by atomic mass is 9.83. The Morgan fingerprint density at radius 1 is 0.857 bits per heavy atom.